The fourth-order valence-corrected chi connectivity index (χ4v) is 10.2. The van der Waals surface area contributed by atoms with Crippen molar-refractivity contribution < 1.29 is 47.7 Å². The molecule has 0 aromatic heterocycles. The van der Waals surface area contributed by atoms with Crippen LogP contribution in [0.1, 0.15) is 86.9 Å². The highest BCUT2D eigenvalue weighted by atomic mass is 32.2. The van der Waals surface area contributed by atoms with E-state index in [0.29, 0.717) is 54.9 Å². The highest BCUT2D eigenvalue weighted by molar-refractivity contribution is 8.17. The van der Waals surface area contributed by atoms with Crippen LogP contribution in [0.25, 0.3) is 0 Å². The fourth-order valence-electron chi connectivity index (χ4n) is 7.37. The van der Waals surface area contributed by atoms with E-state index in [1.54, 1.807) is 28.4 Å². The largest absolute Gasteiger partial charge is 0.493 e. The number of nitrogens with zero attached hydrogens (tertiary/aromatic N) is 3. The Labute approximate surface area is 355 Å². The molecule has 14 nitrogen and oxygen atoms in total. The molecule has 0 bridgehead atoms. The molecule has 3 aromatic carbocycles. The third-order valence-electron chi connectivity index (χ3n) is 10.5. The van der Waals surface area contributed by atoms with Gasteiger partial charge in [-0.25, -0.2) is 0 Å². The Balaban J connectivity index is 1.17. The van der Waals surface area contributed by atoms with Crippen LogP contribution in [0, 0.1) is 16.0 Å². The summed E-state index contributed by atoms with van der Waals surface area (Å²) in [6, 6.07) is 12.2. The van der Waals surface area contributed by atoms with E-state index in [4.69, 9.17) is 38.0 Å². The monoisotopic (exact) mass is 855 g/mol. The van der Waals surface area contributed by atoms with E-state index in [1.807, 2.05) is 58.8 Å². The highest BCUT2D eigenvalue weighted by Gasteiger charge is 2.38. The first-order chi connectivity index (χ1) is 28.6. The van der Waals surface area contributed by atoms with E-state index in [2.05, 4.69) is 25.9 Å². The summed E-state index contributed by atoms with van der Waals surface area (Å²) in [5, 5.41) is 16.7. The zero-order valence-electron chi connectivity index (χ0n) is 35.3. The Bertz CT molecular complexity index is 1900. The Morgan fingerprint density at radius 1 is 0.881 bits per heavy atom. The van der Waals surface area contributed by atoms with Crippen molar-refractivity contribution in [3.8, 4) is 40.2 Å². The van der Waals surface area contributed by atoms with Crippen molar-refractivity contribution in [1.82, 2.24) is 4.90 Å². The van der Waals surface area contributed by atoms with Gasteiger partial charge in [0.15, 0.2) is 40.6 Å². The molecular weight excluding hydrogens is 799 g/mol. The van der Waals surface area contributed by atoms with Gasteiger partial charge in [-0.3, -0.25) is 14.9 Å². The minimum atomic E-state index is -0.511. The SMILES string of the molecule is CCSC(SCC)[C@@H]1CCCN1C(=O)c1cc(OC)c(OCC(CC)CCCOc2ccc(C3=NOC(c4cc(OC)c(OC)c(OC)c4)C3)cc2OC)cc1[N+](=O)[O-]. The van der Waals surface area contributed by atoms with Gasteiger partial charge in [-0.15, -0.1) is 23.5 Å². The van der Waals surface area contributed by atoms with Crippen molar-refractivity contribution in [2.75, 3.05) is 66.8 Å². The first-order valence-electron chi connectivity index (χ1n) is 20.0. The molecule has 2 aliphatic heterocycles. The van der Waals surface area contributed by atoms with Gasteiger partial charge in [0.2, 0.25) is 5.75 Å². The maximum Gasteiger partial charge on any atom is 0.286 e. The Morgan fingerprint density at radius 3 is 2.17 bits per heavy atom. The number of carbonyl (C=O) groups is 1. The van der Waals surface area contributed by atoms with Gasteiger partial charge in [-0.1, -0.05) is 32.3 Å². The van der Waals surface area contributed by atoms with Crippen LogP contribution in [0.4, 0.5) is 5.69 Å². The number of hydrogen-bond acceptors (Lipinski definition) is 14. The third-order valence-corrected chi connectivity index (χ3v) is 13.3. The zero-order valence-corrected chi connectivity index (χ0v) is 36.9. The maximum absolute atomic E-state index is 13.9. The van der Waals surface area contributed by atoms with E-state index in [1.165, 1.54) is 19.2 Å². The fraction of sp³-hybridized carbons (Fsp3) is 0.535. The van der Waals surface area contributed by atoms with Crippen molar-refractivity contribution in [1.29, 1.82) is 0 Å². The molecular formula is C43H57N3O11S2. The van der Waals surface area contributed by atoms with Gasteiger partial charge in [0.05, 0.1) is 76.1 Å². The number of hydrogen-bond donors (Lipinski definition) is 0. The molecule has 5 rings (SSSR count). The molecule has 3 aromatic rings. The number of carbonyl (C=O) groups excluding carboxylic acids is 1. The molecule has 2 unspecified atom stereocenters. The quantitative estimate of drug-likeness (QED) is 0.0386. The Kier molecular flexibility index (Phi) is 17.0. The molecule has 322 valence electrons. The Morgan fingerprint density at radius 2 is 1.56 bits per heavy atom. The standard InChI is InChI=1S/C43H57N3O11S2/c1-9-27(26-56-38-25-33(46(48)49)30(23-37(38)51-5)42(47)45-18-12-15-32(45)43(58-10-2)59-11-3)14-13-19-55-34-17-16-28(20-36(34)50-4)31-24-35(57-44-31)29-21-39(52-6)41(54-8)40(22-29)53-7/h16-17,20-23,25,27,32,35,43H,9-15,18-19,24,26H2,1-8H3/t27?,32-,35?/m0/s1. The predicted octanol–water partition coefficient (Wildman–Crippen LogP) is 9.20. The second-order valence-electron chi connectivity index (χ2n) is 14.0. The van der Waals surface area contributed by atoms with Crippen LogP contribution in [-0.2, 0) is 4.84 Å². The number of thioether (sulfide) groups is 2. The van der Waals surface area contributed by atoms with Crippen LogP contribution in [0.3, 0.4) is 0 Å². The summed E-state index contributed by atoms with van der Waals surface area (Å²) in [7, 11) is 7.79. The van der Waals surface area contributed by atoms with Crippen molar-refractivity contribution in [2.24, 2.45) is 11.1 Å². The summed E-state index contributed by atoms with van der Waals surface area (Å²) in [5.74, 6) is 4.96. The molecule has 0 N–H and O–H groups in total. The van der Waals surface area contributed by atoms with Crippen molar-refractivity contribution in [3.05, 3.63) is 69.3 Å². The number of amides is 1. The maximum atomic E-state index is 13.9. The molecule has 59 heavy (non-hydrogen) atoms. The van der Waals surface area contributed by atoms with E-state index in [-0.39, 0.29) is 51.3 Å². The van der Waals surface area contributed by atoms with Crippen LogP contribution >= 0.6 is 23.5 Å². The second-order valence-corrected chi connectivity index (χ2v) is 17.1. The molecule has 2 heterocycles. The molecule has 2 aliphatic rings. The second kappa shape index (κ2) is 22.1. The minimum Gasteiger partial charge on any atom is -0.493 e. The predicted molar refractivity (Wildman–Crippen MR) is 232 cm³/mol. The summed E-state index contributed by atoms with van der Waals surface area (Å²) in [4.78, 5) is 33.4. The van der Waals surface area contributed by atoms with Crippen LogP contribution in [-0.4, -0.2) is 98.9 Å². The van der Waals surface area contributed by atoms with Crippen LogP contribution in [0.5, 0.6) is 40.2 Å². The lowest BCUT2D eigenvalue weighted by Gasteiger charge is -2.31. The van der Waals surface area contributed by atoms with Gasteiger partial charge in [0, 0.05) is 30.2 Å². The summed E-state index contributed by atoms with van der Waals surface area (Å²) >= 11 is 3.64. The first kappa shape index (κ1) is 45.4. The van der Waals surface area contributed by atoms with Crippen molar-refractivity contribution >= 4 is 40.8 Å². The lowest BCUT2D eigenvalue weighted by atomic mass is 9.99. The van der Waals surface area contributed by atoms with Crippen LogP contribution < -0.4 is 33.2 Å². The van der Waals surface area contributed by atoms with Gasteiger partial charge in [0.25, 0.3) is 11.6 Å². The average Bonchev–Trinajstić information content (AvgIpc) is 3.96. The van der Waals surface area contributed by atoms with E-state index >= 15 is 0 Å². The number of oxime groups is 1. The summed E-state index contributed by atoms with van der Waals surface area (Å²) in [6.45, 7) is 7.62. The summed E-state index contributed by atoms with van der Waals surface area (Å²) in [5.41, 5.74) is 2.20. The number of rotatable bonds is 23. The van der Waals surface area contributed by atoms with Gasteiger partial charge in [0.1, 0.15) is 5.56 Å². The molecule has 0 aliphatic carbocycles. The molecule has 0 radical (unpaired) electrons. The third kappa shape index (κ3) is 10.9. The number of nitro groups is 1. The first-order valence-corrected chi connectivity index (χ1v) is 22.1. The zero-order chi connectivity index (χ0) is 42.5. The number of benzene rings is 3. The molecule has 0 spiro atoms. The van der Waals surface area contributed by atoms with Gasteiger partial charge < -0.3 is 42.9 Å². The topological polar surface area (TPSA) is 150 Å². The van der Waals surface area contributed by atoms with Gasteiger partial charge in [-0.2, -0.15) is 0 Å². The molecule has 1 saturated heterocycles. The van der Waals surface area contributed by atoms with Gasteiger partial charge in [-0.05, 0) is 73.4 Å². The molecule has 0 saturated carbocycles. The summed E-state index contributed by atoms with van der Waals surface area (Å²) in [6.07, 6.45) is 4.28. The van der Waals surface area contributed by atoms with Crippen molar-refractivity contribution in [2.45, 2.75) is 76.0 Å². The molecule has 16 heteroatoms. The Hall–Kier alpha value is -4.70. The van der Waals surface area contributed by atoms with Crippen LogP contribution in [0.2, 0.25) is 0 Å². The number of nitro benzene ring substituents is 1. The number of likely N-dealkylation sites (tertiary alicyclic amines) is 1. The smallest absolute Gasteiger partial charge is 0.286 e. The highest BCUT2D eigenvalue weighted by Crippen LogP contribution is 2.43. The summed E-state index contributed by atoms with van der Waals surface area (Å²) < 4.78 is 40.4. The van der Waals surface area contributed by atoms with Crippen LogP contribution in [0.15, 0.2) is 47.6 Å². The van der Waals surface area contributed by atoms with E-state index in [9.17, 15) is 14.9 Å². The van der Waals surface area contributed by atoms with E-state index < -0.39 is 4.92 Å². The molecule has 1 amide bonds. The lowest BCUT2D eigenvalue weighted by Crippen LogP contribution is -2.41. The molecule has 3 atom stereocenters. The number of methoxy groups -OCH3 is 5. The van der Waals surface area contributed by atoms with Crippen molar-refractivity contribution in [3.63, 3.8) is 0 Å². The minimum absolute atomic E-state index is 0.00620. The normalized spacial score (nSPS) is 16.6. The molecule has 1 fully saturated rings. The average molecular weight is 856 g/mol. The lowest BCUT2D eigenvalue weighted by molar-refractivity contribution is -0.385. The van der Waals surface area contributed by atoms with E-state index in [0.717, 1.165) is 60.4 Å². The van der Waals surface area contributed by atoms with Gasteiger partial charge >= 0.3 is 0 Å². The number of ether oxygens (including phenoxy) is 7.